The van der Waals surface area contributed by atoms with E-state index < -0.39 is 0 Å². The summed E-state index contributed by atoms with van der Waals surface area (Å²) in [6.45, 7) is 7.88. The van der Waals surface area contributed by atoms with Crippen LogP contribution in [0.1, 0.15) is 27.2 Å². The van der Waals surface area contributed by atoms with Gasteiger partial charge in [-0.2, -0.15) is 0 Å². The Bertz CT molecular complexity index is 1030. The average Bonchev–Trinajstić information content (AvgIpc) is 2.69. The molecular weight excluding hydrogens is 364 g/mol. The highest BCUT2D eigenvalue weighted by atomic mass is 16.3. The predicted octanol–water partition coefficient (Wildman–Crippen LogP) is 4.24. The lowest BCUT2D eigenvalue weighted by Gasteiger charge is -2.49. The van der Waals surface area contributed by atoms with Gasteiger partial charge in [0.15, 0.2) is 0 Å². The zero-order valence-electron chi connectivity index (χ0n) is 17.3. The van der Waals surface area contributed by atoms with Gasteiger partial charge in [-0.15, -0.1) is 10.2 Å². The lowest BCUT2D eigenvalue weighted by molar-refractivity contribution is 0.0458. The fourth-order valence-corrected chi connectivity index (χ4v) is 4.13. The number of aromatic hydroxyl groups is 2. The monoisotopic (exact) mass is 392 g/mol. The SMILES string of the molecule is CC1C(Nc2ccc(-c3cc4ccc(O)cc4cc3O)nn2)CCN(C)C1(C)C. The molecule has 0 radical (unpaired) electrons. The molecule has 0 spiro atoms. The molecule has 0 amide bonds. The summed E-state index contributed by atoms with van der Waals surface area (Å²) < 4.78 is 0. The Hall–Kier alpha value is -2.86. The molecule has 152 valence electrons. The van der Waals surface area contributed by atoms with Gasteiger partial charge in [-0.25, -0.2) is 0 Å². The highest BCUT2D eigenvalue weighted by Crippen LogP contribution is 2.35. The highest BCUT2D eigenvalue weighted by Gasteiger charge is 2.39. The Morgan fingerprint density at radius 2 is 1.83 bits per heavy atom. The molecule has 4 rings (SSSR count). The quantitative estimate of drug-likeness (QED) is 0.619. The number of benzene rings is 2. The van der Waals surface area contributed by atoms with E-state index in [1.54, 1.807) is 18.2 Å². The first-order valence-electron chi connectivity index (χ1n) is 10.0. The first kappa shape index (κ1) is 19.5. The molecule has 3 aromatic rings. The van der Waals surface area contributed by atoms with Gasteiger partial charge in [0.25, 0.3) is 0 Å². The maximum absolute atomic E-state index is 10.4. The van der Waals surface area contributed by atoms with E-state index in [0.29, 0.717) is 23.2 Å². The van der Waals surface area contributed by atoms with Crippen molar-refractivity contribution in [1.82, 2.24) is 15.1 Å². The fraction of sp³-hybridized carbons (Fsp3) is 0.391. The first-order chi connectivity index (χ1) is 13.8. The second kappa shape index (κ2) is 7.19. The van der Waals surface area contributed by atoms with E-state index in [4.69, 9.17) is 0 Å². The largest absolute Gasteiger partial charge is 0.508 e. The lowest BCUT2D eigenvalue weighted by atomic mass is 9.77. The summed E-state index contributed by atoms with van der Waals surface area (Å²) >= 11 is 0. The lowest BCUT2D eigenvalue weighted by Crippen LogP contribution is -2.57. The zero-order valence-corrected chi connectivity index (χ0v) is 17.3. The van der Waals surface area contributed by atoms with E-state index in [1.165, 1.54) is 0 Å². The van der Waals surface area contributed by atoms with Crippen molar-refractivity contribution in [1.29, 1.82) is 0 Å². The Morgan fingerprint density at radius 3 is 2.55 bits per heavy atom. The summed E-state index contributed by atoms with van der Waals surface area (Å²) in [5.74, 6) is 1.50. The van der Waals surface area contributed by atoms with E-state index in [1.807, 2.05) is 24.3 Å². The van der Waals surface area contributed by atoms with E-state index >= 15 is 0 Å². The van der Waals surface area contributed by atoms with Crippen molar-refractivity contribution in [3.05, 3.63) is 42.5 Å². The van der Waals surface area contributed by atoms with Gasteiger partial charge < -0.3 is 20.4 Å². The number of hydrogen-bond donors (Lipinski definition) is 3. The molecule has 1 aliphatic heterocycles. The number of likely N-dealkylation sites (tertiary alicyclic amines) is 1. The second-order valence-corrected chi connectivity index (χ2v) is 8.61. The van der Waals surface area contributed by atoms with Gasteiger partial charge >= 0.3 is 0 Å². The minimum atomic E-state index is 0.115. The predicted molar refractivity (Wildman–Crippen MR) is 116 cm³/mol. The van der Waals surface area contributed by atoms with Gasteiger partial charge in [0.1, 0.15) is 17.3 Å². The van der Waals surface area contributed by atoms with E-state index in [2.05, 4.69) is 48.2 Å². The summed E-state index contributed by atoms with van der Waals surface area (Å²) in [7, 11) is 2.18. The van der Waals surface area contributed by atoms with Crippen LogP contribution in [0, 0.1) is 5.92 Å². The van der Waals surface area contributed by atoms with Crippen LogP contribution in [0.2, 0.25) is 0 Å². The normalized spacial score (nSPS) is 21.9. The number of piperidine rings is 1. The van der Waals surface area contributed by atoms with Crippen molar-refractivity contribution in [2.24, 2.45) is 5.92 Å². The Balaban J connectivity index is 1.56. The molecule has 2 heterocycles. The second-order valence-electron chi connectivity index (χ2n) is 8.61. The first-order valence-corrected chi connectivity index (χ1v) is 10.0. The van der Waals surface area contributed by atoms with Crippen molar-refractivity contribution in [3.63, 3.8) is 0 Å². The molecule has 1 aromatic heterocycles. The minimum Gasteiger partial charge on any atom is -0.508 e. The van der Waals surface area contributed by atoms with E-state index in [0.717, 1.165) is 29.6 Å². The van der Waals surface area contributed by atoms with Crippen LogP contribution in [0.15, 0.2) is 42.5 Å². The third kappa shape index (κ3) is 3.60. The molecule has 2 aromatic carbocycles. The molecule has 29 heavy (non-hydrogen) atoms. The van der Waals surface area contributed by atoms with Gasteiger partial charge in [-0.3, -0.25) is 0 Å². The number of nitrogens with zero attached hydrogens (tertiary/aromatic N) is 3. The molecule has 2 unspecified atom stereocenters. The molecule has 0 bridgehead atoms. The number of fused-ring (bicyclic) bond motifs is 1. The molecule has 1 saturated heterocycles. The smallest absolute Gasteiger partial charge is 0.148 e. The van der Waals surface area contributed by atoms with Crippen LogP contribution in [0.4, 0.5) is 5.82 Å². The number of phenols is 2. The van der Waals surface area contributed by atoms with Crippen LogP contribution in [0.25, 0.3) is 22.0 Å². The van der Waals surface area contributed by atoms with Gasteiger partial charge in [-0.1, -0.05) is 13.0 Å². The van der Waals surface area contributed by atoms with E-state index in [-0.39, 0.29) is 17.0 Å². The van der Waals surface area contributed by atoms with Gasteiger partial charge in [-0.05, 0) is 80.4 Å². The van der Waals surface area contributed by atoms with Crippen LogP contribution in [-0.4, -0.2) is 50.5 Å². The van der Waals surface area contributed by atoms with Gasteiger partial charge in [0.05, 0.1) is 5.69 Å². The molecule has 2 atom stereocenters. The maximum Gasteiger partial charge on any atom is 0.148 e. The zero-order chi connectivity index (χ0) is 20.8. The maximum atomic E-state index is 10.4. The van der Waals surface area contributed by atoms with Crippen LogP contribution in [0.3, 0.4) is 0 Å². The number of nitrogens with one attached hydrogen (secondary N) is 1. The fourth-order valence-electron chi connectivity index (χ4n) is 4.13. The molecule has 1 fully saturated rings. The van der Waals surface area contributed by atoms with Crippen molar-refractivity contribution < 1.29 is 10.2 Å². The summed E-state index contributed by atoms with van der Waals surface area (Å²) in [5.41, 5.74) is 1.35. The molecule has 6 nitrogen and oxygen atoms in total. The van der Waals surface area contributed by atoms with Crippen LogP contribution in [0.5, 0.6) is 11.5 Å². The third-order valence-corrected chi connectivity index (χ3v) is 6.69. The minimum absolute atomic E-state index is 0.115. The number of aromatic nitrogens is 2. The van der Waals surface area contributed by atoms with Crippen molar-refractivity contribution in [2.45, 2.75) is 38.8 Å². The Morgan fingerprint density at radius 1 is 1.03 bits per heavy atom. The van der Waals surface area contributed by atoms with Crippen LogP contribution in [-0.2, 0) is 0 Å². The van der Waals surface area contributed by atoms with Gasteiger partial charge in [0.2, 0.25) is 0 Å². The van der Waals surface area contributed by atoms with Gasteiger partial charge in [0, 0.05) is 23.7 Å². The Kier molecular flexibility index (Phi) is 4.82. The molecule has 0 aliphatic carbocycles. The third-order valence-electron chi connectivity index (χ3n) is 6.69. The summed E-state index contributed by atoms with van der Waals surface area (Å²) in [5, 5.41) is 34.0. The summed E-state index contributed by atoms with van der Waals surface area (Å²) in [4.78, 5) is 2.41. The summed E-state index contributed by atoms with van der Waals surface area (Å²) in [6.07, 6.45) is 1.06. The van der Waals surface area contributed by atoms with E-state index in [9.17, 15) is 10.2 Å². The number of hydrogen-bond acceptors (Lipinski definition) is 6. The van der Waals surface area contributed by atoms with Crippen molar-refractivity contribution in [2.75, 3.05) is 18.9 Å². The topological polar surface area (TPSA) is 81.5 Å². The number of anilines is 1. The number of rotatable bonds is 3. The molecule has 6 heteroatoms. The summed E-state index contributed by atoms with van der Waals surface area (Å²) in [6, 6.07) is 12.7. The molecule has 3 N–H and O–H groups in total. The Labute approximate surface area is 171 Å². The highest BCUT2D eigenvalue weighted by molar-refractivity contribution is 5.90. The average molecular weight is 393 g/mol. The van der Waals surface area contributed by atoms with Crippen molar-refractivity contribution in [3.8, 4) is 22.8 Å². The van der Waals surface area contributed by atoms with Crippen molar-refractivity contribution >= 4 is 16.6 Å². The number of phenolic OH excluding ortho intramolecular Hbond substituents is 2. The molecule has 0 saturated carbocycles. The standard InChI is InChI=1S/C23H28N4O2/c1-14-19(9-10-27(4)23(14,2)3)24-22-8-7-20(25-26-22)18-12-15-5-6-17(28)11-16(15)13-21(18)29/h5-8,11-14,19,28-29H,9-10H2,1-4H3,(H,24,26). The van der Waals surface area contributed by atoms with Crippen LogP contribution >= 0.6 is 0 Å². The molecular formula is C23H28N4O2. The molecule has 1 aliphatic rings. The van der Waals surface area contributed by atoms with Crippen LogP contribution < -0.4 is 5.32 Å².